The Kier molecular flexibility index (Phi) is 6.45. The molecule has 3 aromatic rings. The molecule has 0 aromatic heterocycles. The number of amides is 1. The van der Waals surface area contributed by atoms with Crippen LogP contribution in [0.2, 0.25) is 0 Å². The van der Waals surface area contributed by atoms with Crippen molar-refractivity contribution in [3.63, 3.8) is 0 Å². The van der Waals surface area contributed by atoms with Crippen molar-refractivity contribution in [1.29, 1.82) is 0 Å². The summed E-state index contributed by atoms with van der Waals surface area (Å²) >= 11 is 0. The summed E-state index contributed by atoms with van der Waals surface area (Å²) in [6.07, 6.45) is -0.602. The van der Waals surface area contributed by atoms with E-state index in [9.17, 15) is 4.79 Å². The molecule has 0 fully saturated rings. The van der Waals surface area contributed by atoms with Gasteiger partial charge in [-0.1, -0.05) is 60.7 Å². The van der Waals surface area contributed by atoms with E-state index in [0.29, 0.717) is 5.75 Å². The average molecular weight is 374 g/mol. The molecule has 1 atom stereocenters. The molecule has 0 radical (unpaired) electrons. The van der Waals surface area contributed by atoms with E-state index < -0.39 is 6.10 Å². The topological polar surface area (TPSA) is 41.6 Å². The highest BCUT2D eigenvalue weighted by atomic mass is 16.5. The van der Waals surface area contributed by atoms with Crippen molar-refractivity contribution in [2.24, 2.45) is 0 Å². The fourth-order valence-electron chi connectivity index (χ4n) is 2.97. The third-order valence-electron chi connectivity index (χ3n) is 4.41. The van der Waals surface area contributed by atoms with Crippen LogP contribution in [0.15, 0.2) is 78.9 Å². The molecule has 4 nitrogen and oxygen atoms in total. The van der Waals surface area contributed by atoms with E-state index in [-0.39, 0.29) is 5.91 Å². The molecule has 4 heteroatoms. The van der Waals surface area contributed by atoms with Crippen molar-refractivity contribution in [2.75, 3.05) is 19.4 Å². The molecule has 0 aliphatic carbocycles. The SMILES string of the molecule is CC(Oc1ccc(-c2ccccc2)cc1)C(=O)Nc1ccccc1CN(C)C. The van der Waals surface area contributed by atoms with Crippen molar-refractivity contribution in [3.05, 3.63) is 84.4 Å². The number of carbonyl (C=O) groups excluding carboxylic acids is 1. The lowest BCUT2D eigenvalue weighted by molar-refractivity contribution is -0.122. The number of rotatable bonds is 7. The lowest BCUT2D eigenvalue weighted by Gasteiger charge is -2.18. The van der Waals surface area contributed by atoms with E-state index >= 15 is 0 Å². The van der Waals surface area contributed by atoms with E-state index in [1.807, 2.05) is 80.8 Å². The second-order valence-electron chi connectivity index (χ2n) is 7.03. The first-order valence-electron chi connectivity index (χ1n) is 9.38. The number of anilines is 1. The largest absolute Gasteiger partial charge is 0.481 e. The van der Waals surface area contributed by atoms with E-state index in [1.54, 1.807) is 6.92 Å². The molecular weight excluding hydrogens is 348 g/mol. The van der Waals surface area contributed by atoms with Crippen molar-refractivity contribution < 1.29 is 9.53 Å². The minimum atomic E-state index is -0.602. The summed E-state index contributed by atoms with van der Waals surface area (Å²) in [6.45, 7) is 2.52. The van der Waals surface area contributed by atoms with Crippen LogP contribution < -0.4 is 10.1 Å². The van der Waals surface area contributed by atoms with Gasteiger partial charge in [-0.15, -0.1) is 0 Å². The maximum atomic E-state index is 12.6. The predicted octanol–water partition coefficient (Wildman–Crippen LogP) is 4.82. The first-order chi connectivity index (χ1) is 13.5. The number of ether oxygens (including phenoxy) is 1. The monoisotopic (exact) mass is 374 g/mol. The van der Waals surface area contributed by atoms with Crippen LogP contribution in [0.25, 0.3) is 11.1 Å². The summed E-state index contributed by atoms with van der Waals surface area (Å²) in [5.74, 6) is 0.502. The van der Waals surface area contributed by atoms with Crippen LogP contribution >= 0.6 is 0 Å². The highest BCUT2D eigenvalue weighted by molar-refractivity contribution is 5.94. The molecular formula is C24H26N2O2. The summed E-state index contributed by atoms with van der Waals surface area (Å²) < 4.78 is 5.84. The molecule has 144 valence electrons. The van der Waals surface area contributed by atoms with Gasteiger partial charge in [-0.25, -0.2) is 0 Å². The maximum absolute atomic E-state index is 12.6. The Morgan fingerprint density at radius 1 is 0.893 bits per heavy atom. The molecule has 1 unspecified atom stereocenters. The molecule has 0 heterocycles. The highest BCUT2D eigenvalue weighted by Gasteiger charge is 2.16. The van der Waals surface area contributed by atoms with Crippen LogP contribution in [0.4, 0.5) is 5.69 Å². The Bertz CT molecular complexity index is 905. The van der Waals surface area contributed by atoms with Crippen molar-refractivity contribution in [2.45, 2.75) is 19.6 Å². The first-order valence-corrected chi connectivity index (χ1v) is 9.38. The predicted molar refractivity (Wildman–Crippen MR) is 114 cm³/mol. The third kappa shape index (κ3) is 5.21. The fourth-order valence-corrected chi connectivity index (χ4v) is 2.97. The average Bonchev–Trinajstić information content (AvgIpc) is 2.70. The fraction of sp³-hybridized carbons (Fsp3) is 0.208. The molecule has 3 aromatic carbocycles. The summed E-state index contributed by atoms with van der Waals surface area (Å²) in [5, 5.41) is 2.98. The van der Waals surface area contributed by atoms with E-state index in [4.69, 9.17) is 4.74 Å². The van der Waals surface area contributed by atoms with Crippen LogP contribution in [0.1, 0.15) is 12.5 Å². The van der Waals surface area contributed by atoms with Gasteiger partial charge in [0.25, 0.3) is 5.91 Å². The minimum absolute atomic E-state index is 0.168. The van der Waals surface area contributed by atoms with Crippen LogP contribution in [0.3, 0.4) is 0 Å². The lowest BCUT2D eigenvalue weighted by atomic mass is 10.1. The molecule has 28 heavy (non-hydrogen) atoms. The zero-order chi connectivity index (χ0) is 19.9. The Morgan fingerprint density at radius 2 is 1.50 bits per heavy atom. The van der Waals surface area contributed by atoms with E-state index in [0.717, 1.165) is 28.9 Å². The lowest BCUT2D eigenvalue weighted by Crippen LogP contribution is -2.30. The van der Waals surface area contributed by atoms with Gasteiger partial charge in [0.15, 0.2) is 6.10 Å². The number of carbonyl (C=O) groups is 1. The van der Waals surface area contributed by atoms with Crippen LogP contribution in [-0.4, -0.2) is 31.0 Å². The smallest absolute Gasteiger partial charge is 0.265 e. The van der Waals surface area contributed by atoms with Gasteiger partial charge in [-0.2, -0.15) is 0 Å². The van der Waals surface area contributed by atoms with E-state index in [2.05, 4.69) is 22.3 Å². The van der Waals surface area contributed by atoms with Crippen molar-refractivity contribution in [3.8, 4) is 16.9 Å². The third-order valence-corrected chi connectivity index (χ3v) is 4.41. The first kappa shape index (κ1) is 19.6. The van der Waals surface area contributed by atoms with Gasteiger partial charge in [-0.3, -0.25) is 4.79 Å². The van der Waals surface area contributed by atoms with Gasteiger partial charge < -0.3 is 15.0 Å². The molecule has 1 N–H and O–H groups in total. The Labute approximate surface area is 166 Å². The van der Waals surface area contributed by atoms with Gasteiger partial charge in [0, 0.05) is 12.2 Å². The number of benzene rings is 3. The second-order valence-corrected chi connectivity index (χ2v) is 7.03. The zero-order valence-electron chi connectivity index (χ0n) is 16.6. The summed E-state index contributed by atoms with van der Waals surface area (Å²) in [4.78, 5) is 14.7. The van der Waals surface area contributed by atoms with Gasteiger partial charge in [0.1, 0.15) is 5.75 Å². The van der Waals surface area contributed by atoms with Crippen molar-refractivity contribution >= 4 is 11.6 Å². The highest BCUT2D eigenvalue weighted by Crippen LogP contribution is 2.23. The summed E-state index contributed by atoms with van der Waals surface area (Å²) in [6, 6.07) is 25.8. The number of hydrogen-bond acceptors (Lipinski definition) is 3. The molecule has 0 spiro atoms. The quantitative estimate of drug-likeness (QED) is 0.645. The molecule has 0 aliphatic heterocycles. The molecule has 0 saturated carbocycles. The minimum Gasteiger partial charge on any atom is -0.481 e. The van der Waals surface area contributed by atoms with Gasteiger partial charge in [-0.05, 0) is 55.9 Å². The molecule has 0 bridgehead atoms. The summed E-state index contributed by atoms with van der Waals surface area (Å²) in [5.41, 5.74) is 4.15. The standard InChI is InChI=1S/C24H26N2O2/c1-18(24(27)25-23-12-8-7-11-21(23)17-26(2)3)28-22-15-13-20(14-16-22)19-9-5-4-6-10-19/h4-16,18H,17H2,1-3H3,(H,25,27). The second kappa shape index (κ2) is 9.20. The maximum Gasteiger partial charge on any atom is 0.265 e. The Morgan fingerprint density at radius 3 is 2.18 bits per heavy atom. The zero-order valence-corrected chi connectivity index (χ0v) is 16.6. The number of nitrogens with zero attached hydrogens (tertiary/aromatic N) is 1. The molecule has 3 rings (SSSR count). The van der Waals surface area contributed by atoms with Gasteiger partial charge in [0.2, 0.25) is 0 Å². The number of hydrogen-bond donors (Lipinski definition) is 1. The number of nitrogens with one attached hydrogen (secondary N) is 1. The Balaban J connectivity index is 1.63. The summed E-state index contributed by atoms with van der Waals surface area (Å²) in [7, 11) is 4.01. The van der Waals surface area contributed by atoms with Crippen molar-refractivity contribution in [1.82, 2.24) is 4.90 Å². The normalized spacial score (nSPS) is 11.9. The van der Waals surface area contributed by atoms with Crippen LogP contribution in [0.5, 0.6) is 5.75 Å². The molecule has 0 saturated heterocycles. The Hall–Kier alpha value is -3.11. The van der Waals surface area contributed by atoms with E-state index in [1.165, 1.54) is 0 Å². The molecule has 0 aliphatic rings. The van der Waals surface area contributed by atoms with Crippen LogP contribution in [0, 0.1) is 0 Å². The van der Waals surface area contributed by atoms with Crippen LogP contribution in [-0.2, 0) is 11.3 Å². The molecule has 1 amide bonds. The van der Waals surface area contributed by atoms with Gasteiger partial charge >= 0.3 is 0 Å². The number of para-hydroxylation sites is 1. The van der Waals surface area contributed by atoms with Gasteiger partial charge in [0.05, 0.1) is 0 Å².